The smallest absolute Gasteiger partial charge is 0.296 e. The summed E-state index contributed by atoms with van der Waals surface area (Å²) in [5, 5.41) is 10.5. The highest BCUT2D eigenvalue weighted by Crippen LogP contribution is 2.33. The van der Waals surface area contributed by atoms with Crippen LogP contribution in [-0.2, 0) is 10.7 Å². The number of hydrogen-bond donors (Lipinski definition) is 0. The van der Waals surface area contributed by atoms with E-state index in [-0.39, 0.29) is 10.2 Å². The van der Waals surface area contributed by atoms with Crippen molar-refractivity contribution in [2.45, 2.75) is 5.92 Å². The number of hydrogen-bond acceptors (Lipinski definition) is 3. The fourth-order valence-electron chi connectivity index (χ4n) is 1.16. The lowest BCUT2D eigenvalue weighted by Gasteiger charge is -2.15. The van der Waals surface area contributed by atoms with Crippen molar-refractivity contribution in [1.82, 2.24) is 0 Å². The monoisotopic (exact) mass is 295 g/mol. The van der Waals surface area contributed by atoms with Crippen LogP contribution in [0.5, 0.6) is 0 Å². The SMILES string of the molecule is COCC(F)(F)c1cc(Br)cc([N+](=O)[O-])c1. The van der Waals surface area contributed by atoms with Gasteiger partial charge in [0.1, 0.15) is 6.61 Å². The molecule has 1 aromatic carbocycles. The number of halogens is 3. The molecular formula is C9H8BrF2NO3. The lowest BCUT2D eigenvalue weighted by Crippen LogP contribution is -2.20. The maximum Gasteiger partial charge on any atom is 0.296 e. The van der Waals surface area contributed by atoms with E-state index in [1.165, 1.54) is 0 Å². The van der Waals surface area contributed by atoms with Crippen molar-refractivity contribution in [3.8, 4) is 0 Å². The van der Waals surface area contributed by atoms with Crippen molar-refractivity contribution >= 4 is 21.6 Å². The number of rotatable bonds is 4. The molecule has 0 fully saturated rings. The van der Waals surface area contributed by atoms with Crippen LogP contribution in [0.15, 0.2) is 22.7 Å². The lowest BCUT2D eigenvalue weighted by molar-refractivity contribution is -0.385. The minimum Gasteiger partial charge on any atom is -0.378 e. The zero-order chi connectivity index (χ0) is 12.3. The van der Waals surface area contributed by atoms with E-state index < -0.39 is 23.0 Å². The fraction of sp³-hybridized carbons (Fsp3) is 0.333. The Bertz CT molecular complexity index is 412. The molecule has 0 unspecified atom stereocenters. The molecule has 0 aliphatic carbocycles. The summed E-state index contributed by atoms with van der Waals surface area (Å²) in [7, 11) is 1.14. The van der Waals surface area contributed by atoms with E-state index in [0.29, 0.717) is 0 Å². The molecule has 0 radical (unpaired) electrons. The Labute approximate surface area is 98.5 Å². The van der Waals surface area contributed by atoms with Crippen molar-refractivity contribution in [2.75, 3.05) is 13.7 Å². The molecule has 88 valence electrons. The number of nitrogens with zero attached hydrogens (tertiary/aromatic N) is 1. The Morgan fingerprint density at radius 1 is 1.50 bits per heavy atom. The molecule has 0 aromatic heterocycles. The van der Waals surface area contributed by atoms with Crippen LogP contribution >= 0.6 is 15.9 Å². The third-order valence-electron chi connectivity index (χ3n) is 1.84. The Hall–Kier alpha value is -1.08. The van der Waals surface area contributed by atoms with Crippen LogP contribution in [-0.4, -0.2) is 18.6 Å². The molecule has 0 aliphatic rings. The molecule has 0 N–H and O–H groups in total. The summed E-state index contributed by atoms with van der Waals surface area (Å²) in [6, 6.07) is 3.13. The van der Waals surface area contributed by atoms with Crippen molar-refractivity contribution < 1.29 is 18.4 Å². The second-order valence-electron chi connectivity index (χ2n) is 3.09. The van der Waals surface area contributed by atoms with E-state index in [2.05, 4.69) is 20.7 Å². The van der Waals surface area contributed by atoms with Gasteiger partial charge in [0.15, 0.2) is 0 Å². The Balaban J connectivity index is 3.19. The fourth-order valence-corrected chi connectivity index (χ4v) is 1.64. The van der Waals surface area contributed by atoms with Gasteiger partial charge in [-0.1, -0.05) is 15.9 Å². The molecule has 7 heteroatoms. The maximum atomic E-state index is 13.4. The van der Waals surface area contributed by atoms with Gasteiger partial charge in [0, 0.05) is 29.3 Å². The highest BCUT2D eigenvalue weighted by molar-refractivity contribution is 9.10. The number of alkyl halides is 2. The second-order valence-corrected chi connectivity index (χ2v) is 4.01. The quantitative estimate of drug-likeness (QED) is 0.633. The standard InChI is InChI=1S/C9H8BrF2NO3/c1-16-5-9(11,12)6-2-7(10)4-8(3-6)13(14)15/h2-4H,5H2,1H3. The molecule has 1 rings (SSSR count). The molecular weight excluding hydrogens is 288 g/mol. The predicted molar refractivity (Wildman–Crippen MR) is 56.6 cm³/mol. The molecule has 0 spiro atoms. The van der Waals surface area contributed by atoms with Crippen LogP contribution in [0.1, 0.15) is 5.56 Å². The van der Waals surface area contributed by atoms with Crippen LogP contribution in [0.4, 0.5) is 14.5 Å². The van der Waals surface area contributed by atoms with Gasteiger partial charge in [0.05, 0.1) is 4.92 Å². The minimum atomic E-state index is -3.25. The first-order valence-electron chi connectivity index (χ1n) is 4.19. The zero-order valence-electron chi connectivity index (χ0n) is 8.25. The van der Waals surface area contributed by atoms with Crippen molar-refractivity contribution in [2.24, 2.45) is 0 Å². The molecule has 4 nitrogen and oxygen atoms in total. The molecule has 1 aromatic rings. The minimum absolute atomic E-state index is 0.229. The molecule has 0 bridgehead atoms. The summed E-state index contributed by atoms with van der Waals surface area (Å²) < 4.78 is 31.4. The van der Waals surface area contributed by atoms with E-state index in [9.17, 15) is 18.9 Å². The van der Waals surface area contributed by atoms with Crippen LogP contribution in [0.25, 0.3) is 0 Å². The summed E-state index contributed by atoms with van der Waals surface area (Å²) in [4.78, 5) is 9.77. The highest BCUT2D eigenvalue weighted by Gasteiger charge is 2.33. The van der Waals surface area contributed by atoms with Crippen LogP contribution in [0.3, 0.4) is 0 Å². The van der Waals surface area contributed by atoms with Gasteiger partial charge < -0.3 is 4.74 Å². The van der Waals surface area contributed by atoms with E-state index in [1.54, 1.807) is 0 Å². The van der Waals surface area contributed by atoms with Crippen LogP contribution < -0.4 is 0 Å². The van der Waals surface area contributed by atoms with Gasteiger partial charge >= 0.3 is 0 Å². The number of methoxy groups -OCH3 is 1. The first kappa shape index (κ1) is 13.0. The summed E-state index contributed by atoms with van der Waals surface area (Å²) >= 11 is 2.95. The first-order valence-corrected chi connectivity index (χ1v) is 4.98. The Kier molecular flexibility index (Phi) is 3.93. The Morgan fingerprint density at radius 3 is 2.62 bits per heavy atom. The maximum absolute atomic E-state index is 13.4. The predicted octanol–water partition coefficient (Wildman–Crippen LogP) is 3.10. The number of nitro groups is 1. The molecule has 0 aliphatic heterocycles. The molecule has 0 saturated carbocycles. The number of nitro benzene ring substituents is 1. The van der Waals surface area contributed by atoms with E-state index in [4.69, 9.17) is 0 Å². The summed E-state index contributed by atoms with van der Waals surface area (Å²) in [5.74, 6) is -3.25. The number of non-ortho nitro benzene ring substituents is 1. The van der Waals surface area contributed by atoms with Crippen LogP contribution in [0.2, 0.25) is 0 Å². The number of benzene rings is 1. The average molecular weight is 296 g/mol. The second kappa shape index (κ2) is 4.84. The molecule has 0 amide bonds. The van der Waals surface area contributed by atoms with Gasteiger partial charge in [-0.25, -0.2) is 0 Å². The van der Waals surface area contributed by atoms with E-state index >= 15 is 0 Å². The van der Waals surface area contributed by atoms with Gasteiger partial charge in [0.2, 0.25) is 0 Å². The van der Waals surface area contributed by atoms with Gasteiger partial charge in [0.25, 0.3) is 11.6 Å². The van der Waals surface area contributed by atoms with Crippen molar-refractivity contribution in [3.05, 3.63) is 38.3 Å². The topological polar surface area (TPSA) is 52.4 Å². The molecule has 16 heavy (non-hydrogen) atoms. The summed E-state index contributed by atoms with van der Waals surface area (Å²) in [6.07, 6.45) is 0. The largest absolute Gasteiger partial charge is 0.378 e. The van der Waals surface area contributed by atoms with Gasteiger partial charge in [-0.2, -0.15) is 8.78 Å². The van der Waals surface area contributed by atoms with Gasteiger partial charge in [-0.3, -0.25) is 10.1 Å². The van der Waals surface area contributed by atoms with Crippen molar-refractivity contribution in [3.63, 3.8) is 0 Å². The van der Waals surface area contributed by atoms with Crippen LogP contribution in [0, 0.1) is 10.1 Å². The van der Waals surface area contributed by atoms with E-state index in [0.717, 1.165) is 25.3 Å². The summed E-state index contributed by atoms with van der Waals surface area (Å²) in [6.45, 7) is -0.819. The normalized spacial score (nSPS) is 11.5. The first-order chi connectivity index (χ1) is 7.36. The van der Waals surface area contributed by atoms with Crippen molar-refractivity contribution in [1.29, 1.82) is 0 Å². The third-order valence-corrected chi connectivity index (χ3v) is 2.30. The molecule has 0 atom stereocenters. The van der Waals surface area contributed by atoms with E-state index in [1.807, 2.05) is 0 Å². The number of ether oxygens (including phenoxy) is 1. The Morgan fingerprint density at radius 2 is 2.12 bits per heavy atom. The summed E-state index contributed by atoms with van der Waals surface area (Å²) in [5.41, 5.74) is -0.837. The average Bonchev–Trinajstić information content (AvgIpc) is 2.16. The molecule has 0 saturated heterocycles. The molecule has 0 heterocycles. The van der Waals surface area contributed by atoms with Gasteiger partial charge in [-0.05, 0) is 6.07 Å². The van der Waals surface area contributed by atoms with Gasteiger partial charge in [-0.15, -0.1) is 0 Å². The zero-order valence-corrected chi connectivity index (χ0v) is 9.83. The third kappa shape index (κ3) is 2.96. The highest BCUT2D eigenvalue weighted by atomic mass is 79.9. The lowest BCUT2D eigenvalue weighted by atomic mass is 10.1.